The molecule has 0 N–H and O–H groups in total. The van der Waals surface area contributed by atoms with Gasteiger partial charge >= 0.3 is 0 Å². The first-order chi connectivity index (χ1) is 30.8. The van der Waals surface area contributed by atoms with Gasteiger partial charge < -0.3 is 9.13 Å². The average Bonchev–Trinajstić information content (AvgIpc) is 3.87. The maximum atomic E-state index is 5.22. The van der Waals surface area contributed by atoms with Gasteiger partial charge in [-0.05, 0) is 59.7 Å². The van der Waals surface area contributed by atoms with Crippen molar-refractivity contribution in [3.8, 4) is 67.8 Å². The van der Waals surface area contributed by atoms with Gasteiger partial charge in [-0.15, -0.1) is 0 Å². The van der Waals surface area contributed by atoms with E-state index in [4.69, 9.17) is 15.0 Å². The minimum atomic E-state index is 0.608. The van der Waals surface area contributed by atoms with E-state index in [1.807, 2.05) is 36.4 Å². The first-order valence-electron chi connectivity index (χ1n) is 21.0. The smallest absolute Gasteiger partial charge is 0.164 e. The Labute approximate surface area is 358 Å². The molecule has 0 aliphatic rings. The Morgan fingerprint density at radius 3 is 1.10 bits per heavy atom. The molecule has 0 aliphatic carbocycles. The summed E-state index contributed by atoms with van der Waals surface area (Å²) in [7, 11) is 0. The van der Waals surface area contributed by atoms with Crippen molar-refractivity contribution in [1.29, 1.82) is 0 Å². The Morgan fingerprint density at radius 2 is 0.629 bits per heavy atom. The molecule has 0 fully saturated rings. The Morgan fingerprint density at radius 1 is 0.274 bits per heavy atom. The van der Waals surface area contributed by atoms with Gasteiger partial charge in [0.05, 0.1) is 27.8 Å². The fourth-order valence-electron chi connectivity index (χ4n) is 9.23. The van der Waals surface area contributed by atoms with Gasteiger partial charge in [0.25, 0.3) is 0 Å². The molecule has 3 aromatic heterocycles. The molecule has 0 saturated heterocycles. The van der Waals surface area contributed by atoms with Crippen molar-refractivity contribution in [2.75, 3.05) is 0 Å². The van der Waals surface area contributed by atoms with E-state index in [1.165, 1.54) is 32.6 Å². The fraction of sp³-hybridized carbons (Fsp3) is 0. The molecule has 0 amide bonds. The lowest BCUT2D eigenvalue weighted by atomic mass is 9.92. The topological polar surface area (TPSA) is 48.5 Å². The maximum absolute atomic E-state index is 5.22. The number of fused-ring (bicyclic) bond motifs is 7. The molecule has 0 saturated carbocycles. The number of benzene rings is 9. The standard InChI is InChI=1S/C57H37N5/c1-6-20-38(21-7-1)46-36-42(57-59-55(40-24-10-3-11-25-40)58-56(60-57)41-26-12-4-13-27-41)37-47(39-22-8-2-9-23-39)54(46)62-49-33-19-17-31-45(49)53-51(62)35-34-50-52(53)44-30-16-18-32-48(44)61(50)43-28-14-5-15-29-43/h1-37H. The molecule has 0 atom stereocenters. The SMILES string of the molecule is c1ccc(-c2nc(-c3ccccc3)nc(-c3cc(-c4ccccc4)c(-n4c5ccccc5c5c6c7ccccc7n(-c7ccccc7)c6ccc54)c(-c4ccccc4)c3)n2)cc1. The zero-order chi connectivity index (χ0) is 41.0. The summed E-state index contributed by atoms with van der Waals surface area (Å²) in [6.45, 7) is 0. The van der Waals surface area contributed by atoms with Crippen LogP contribution in [0.2, 0.25) is 0 Å². The van der Waals surface area contributed by atoms with Crippen LogP contribution >= 0.6 is 0 Å². The molecule has 9 aromatic carbocycles. The second kappa shape index (κ2) is 14.7. The third-order valence-corrected chi connectivity index (χ3v) is 11.9. The Bertz CT molecular complexity index is 3480. The second-order valence-electron chi connectivity index (χ2n) is 15.6. The Balaban J connectivity index is 1.21. The summed E-state index contributed by atoms with van der Waals surface area (Å²) in [6, 6.07) is 79.3. The van der Waals surface area contributed by atoms with Gasteiger partial charge in [-0.3, -0.25) is 0 Å². The number of para-hydroxylation sites is 3. The van der Waals surface area contributed by atoms with Crippen LogP contribution in [0.15, 0.2) is 224 Å². The van der Waals surface area contributed by atoms with Gasteiger partial charge in [-0.1, -0.05) is 176 Å². The van der Waals surface area contributed by atoms with E-state index >= 15 is 0 Å². The molecule has 12 rings (SSSR count). The van der Waals surface area contributed by atoms with Crippen molar-refractivity contribution < 1.29 is 0 Å². The van der Waals surface area contributed by atoms with E-state index in [1.54, 1.807) is 0 Å². The van der Waals surface area contributed by atoms with Gasteiger partial charge in [0.15, 0.2) is 17.5 Å². The van der Waals surface area contributed by atoms with Crippen LogP contribution in [0.4, 0.5) is 0 Å². The minimum Gasteiger partial charge on any atom is -0.309 e. The molecule has 5 nitrogen and oxygen atoms in total. The first-order valence-corrected chi connectivity index (χ1v) is 21.0. The Kier molecular flexibility index (Phi) is 8.42. The zero-order valence-electron chi connectivity index (χ0n) is 33.6. The summed E-state index contributed by atoms with van der Waals surface area (Å²) in [6.07, 6.45) is 0. The number of nitrogens with zero attached hydrogens (tertiary/aromatic N) is 5. The molecule has 5 heteroatoms. The van der Waals surface area contributed by atoms with Crippen LogP contribution in [0.3, 0.4) is 0 Å². The van der Waals surface area contributed by atoms with E-state index in [0.717, 1.165) is 61.4 Å². The summed E-state index contributed by atoms with van der Waals surface area (Å²) in [4.78, 5) is 15.5. The van der Waals surface area contributed by atoms with Crippen LogP contribution in [0.25, 0.3) is 111 Å². The summed E-state index contributed by atoms with van der Waals surface area (Å²) < 4.78 is 4.89. The van der Waals surface area contributed by atoms with Gasteiger partial charge in [-0.2, -0.15) is 0 Å². The molecular weight excluding hydrogens is 755 g/mol. The quantitative estimate of drug-likeness (QED) is 0.162. The fourth-order valence-corrected chi connectivity index (χ4v) is 9.23. The first kappa shape index (κ1) is 35.5. The molecule has 0 spiro atoms. The van der Waals surface area contributed by atoms with Crippen LogP contribution in [-0.4, -0.2) is 24.1 Å². The number of hydrogen-bond donors (Lipinski definition) is 0. The molecule has 0 bridgehead atoms. The molecule has 62 heavy (non-hydrogen) atoms. The summed E-state index contributed by atoms with van der Waals surface area (Å²) in [5.41, 5.74) is 13.9. The zero-order valence-corrected chi connectivity index (χ0v) is 33.6. The van der Waals surface area contributed by atoms with Crippen LogP contribution in [0.1, 0.15) is 0 Å². The molecule has 0 radical (unpaired) electrons. The largest absolute Gasteiger partial charge is 0.309 e. The van der Waals surface area contributed by atoms with Crippen LogP contribution < -0.4 is 0 Å². The van der Waals surface area contributed by atoms with E-state index in [9.17, 15) is 0 Å². The van der Waals surface area contributed by atoms with Crippen LogP contribution in [-0.2, 0) is 0 Å². The molecule has 0 unspecified atom stereocenters. The minimum absolute atomic E-state index is 0.608. The van der Waals surface area contributed by atoms with Crippen LogP contribution in [0.5, 0.6) is 0 Å². The highest BCUT2D eigenvalue weighted by molar-refractivity contribution is 6.29. The Hall–Kier alpha value is -8.41. The number of hydrogen-bond acceptors (Lipinski definition) is 3. The van der Waals surface area contributed by atoms with E-state index < -0.39 is 0 Å². The summed E-state index contributed by atoms with van der Waals surface area (Å²) in [5.74, 6) is 1.86. The lowest BCUT2D eigenvalue weighted by Gasteiger charge is -2.21. The van der Waals surface area contributed by atoms with E-state index in [2.05, 4.69) is 197 Å². The van der Waals surface area contributed by atoms with Crippen molar-refractivity contribution in [3.05, 3.63) is 224 Å². The van der Waals surface area contributed by atoms with Gasteiger partial charge in [0, 0.05) is 55.0 Å². The third-order valence-electron chi connectivity index (χ3n) is 11.9. The van der Waals surface area contributed by atoms with E-state index in [-0.39, 0.29) is 0 Å². The van der Waals surface area contributed by atoms with Gasteiger partial charge in [0.2, 0.25) is 0 Å². The molecule has 12 aromatic rings. The highest BCUT2D eigenvalue weighted by atomic mass is 15.0. The molecular formula is C57H37N5. The molecule has 0 aliphatic heterocycles. The third kappa shape index (κ3) is 5.82. The molecule has 3 heterocycles. The number of aromatic nitrogens is 5. The van der Waals surface area contributed by atoms with Crippen molar-refractivity contribution >= 4 is 43.6 Å². The predicted octanol–water partition coefficient (Wildman–Crippen LogP) is 14.4. The molecule has 290 valence electrons. The van der Waals surface area contributed by atoms with Crippen LogP contribution in [0, 0.1) is 0 Å². The normalized spacial score (nSPS) is 11.5. The second-order valence-corrected chi connectivity index (χ2v) is 15.6. The number of rotatable bonds is 7. The lowest BCUT2D eigenvalue weighted by Crippen LogP contribution is -2.04. The summed E-state index contributed by atoms with van der Waals surface area (Å²) in [5, 5.41) is 4.88. The van der Waals surface area contributed by atoms with Crippen molar-refractivity contribution in [3.63, 3.8) is 0 Å². The highest BCUT2D eigenvalue weighted by Gasteiger charge is 2.25. The highest BCUT2D eigenvalue weighted by Crippen LogP contribution is 2.47. The average molecular weight is 792 g/mol. The van der Waals surface area contributed by atoms with Crippen molar-refractivity contribution in [1.82, 2.24) is 24.1 Å². The van der Waals surface area contributed by atoms with Crippen molar-refractivity contribution in [2.24, 2.45) is 0 Å². The summed E-state index contributed by atoms with van der Waals surface area (Å²) >= 11 is 0. The van der Waals surface area contributed by atoms with E-state index in [0.29, 0.717) is 17.5 Å². The predicted molar refractivity (Wildman–Crippen MR) is 256 cm³/mol. The maximum Gasteiger partial charge on any atom is 0.164 e. The lowest BCUT2D eigenvalue weighted by molar-refractivity contribution is 1.07. The monoisotopic (exact) mass is 791 g/mol. The van der Waals surface area contributed by atoms with Gasteiger partial charge in [0.1, 0.15) is 0 Å². The van der Waals surface area contributed by atoms with Crippen molar-refractivity contribution in [2.45, 2.75) is 0 Å². The van der Waals surface area contributed by atoms with Gasteiger partial charge in [-0.25, -0.2) is 15.0 Å².